The first-order chi connectivity index (χ1) is 34.3. The summed E-state index contributed by atoms with van der Waals surface area (Å²) in [7, 11) is 0. The van der Waals surface area contributed by atoms with Crippen LogP contribution in [0.2, 0.25) is 0 Å². The van der Waals surface area contributed by atoms with Gasteiger partial charge in [-0.05, 0) is 140 Å². The van der Waals surface area contributed by atoms with E-state index in [1.54, 1.807) is 0 Å². The van der Waals surface area contributed by atoms with Gasteiger partial charge in [-0.25, -0.2) is 9.69 Å². The zero-order valence-electron chi connectivity index (χ0n) is 38.3. The molecule has 0 fully saturated rings. The molecular formula is C64H40N6. The quantitative estimate of drug-likeness (QED) is 0.150. The van der Waals surface area contributed by atoms with Crippen LogP contribution in [0.25, 0.3) is 53.5 Å². The molecule has 2 unspecified atom stereocenters. The minimum Gasteiger partial charge on any atom is -0.310 e. The Kier molecular flexibility index (Phi) is 9.51. The van der Waals surface area contributed by atoms with Crippen molar-refractivity contribution in [2.75, 3.05) is 9.80 Å². The van der Waals surface area contributed by atoms with Gasteiger partial charge in [0.2, 0.25) is 0 Å². The van der Waals surface area contributed by atoms with Crippen LogP contribution in [-0.4, -0.2) is 0 Å². The Labute approximate surface area is 407 Å². The highest BCUT2D eigenvalue weighted by Crippen LogP contribution is 2.67. The van der Waals surface area contributed by atoms with Crippen molar-refractivity contribution in [2.24, 2.45) is 0 Å². The maximum atomic E-state index is 9.86. The fraction of sp³-hybridized carbons (Fsp3) is 0.0625. The van der Waals surface area contributed by atoms with E-state index in [1.807, 2.05) is 97.1 Å². The van der Waals surface area contributed by atoms with Crippen molar-refractivity contribution in [1.82, 2.24) is 0 Å². The van der Waals surface area contributed by atoms with Crippen molar-refractivity contribution < 1.29 is 0 Å². The molecule has 6 heteroatoms. The zero-order valence-corrected chi connectivity index (χ0v) is 38.3. The van der Waals surface area contributed by atoms with Crippen LogP contribution in [0.5, 0.6) is 0 Å². The lowest BCUT2D eigenvalue weighted by Gasteiger charge is -2.46. The molecule has 70 heavy (non-hydrogen) atoms. The molecule has 0 aromatic heterocycles. The van der Waals surface area contributed by atoms with Gasteiger partial charge in [-0.15, -0.1) is 0 Å². The van der Waals surface area contributed by atoms with E-state index in [9.17, 15) is 10.5 Å². The Balaban J connectivity index is 1.18. The fourth-order valence-corrected chi connectivity index (χ4v) is 11.7. The van der Waals surface area contributed by atoms with Gasteiger partial charge >= 0.3 is 0 Å². The van der Waals surface area contributed by atoms with Gasteiger partial charge in [0.1, 0.15) is 0 Å². The van der Waals surface area contributed by atoms with Crippen molar-refractivity contribution in [1.29, 1.82) is 10.5 Å². The second-order valence-electron chi connectivity index (χ2n) is 18.3. The van der Waals surface area contributed by atoms with E-state index in [2.05, 4.69) is 155 Å². The van der Waals surface area contributed by atoms with Crippen molar-refractivity contribution in [3.8, 4) is 34.4 Å². The SMILES string of the molecule is [C-]#[N+]c1ccc(N(c2ccc(C#N)cc2)c2cc3c(c4ccccc24)-c2ccccc2C3(C)C2(C)c3ccccc3-c3c2cc(N(c2ccc(C#N)cc2)c2ccc([N+]#[C-])cc2)c2ccccc32)cc1. The van der Waals surface area contributed by atoms with E-state index in [0.717, 1.165) is 55.7 Å². The van der Waals surface area contributed by atoms with Gasteiger partial charge in [0.05, 0.1) is 47.8 Å². The molecule has 0 radical (unpaired) electrons. The number of hydrogen-bond donors (Lipinski definition) is 0. The Hall–Kier alpha value is -9.72. The Bertz CT molecular complexity index is 3580. The third-order valence-corrected chi connectivity index (χ3v) is 15.1. The van der Waals surface area contributed by atoms with Crippen LogP contribution in [0, 0.1) is 35.8 Å². The summed E-state index contributed by atoms with van der Waals surface area (Å²) in [4.78, 5) is 12.0. The molecule has 6 nitrogen and oxygen atoms in total. The molecule has 0 N–H and O–H groups in total. The Morgan fingerprint density at radius 2 is 0.700 bits per heavy atom. The van der Waals surface area contributed by atoms with E-state index >= 15 is 0 Å². The predicted octanol–water partition coefficient (Wildman–Crippen LogP) is 17.1. The monoisotopic (exact) mass is 892 g/mol. The summed E-state index contributed by atoms with van der Waals surface area (Å²) >= 11 is 0. The topological polar surface area (TPSA) is 62.8 Å². The largest absolute Gasteiger partial charge is 0.310 e. The van der Waals surface area contributed by atoms with Crippen LogP contribution in [0.4, 0.5) is 45.5 Å². The number of fused-ring (bicyclic) bond motifs is 10. The first-order valence-electron chi connectivity index (χ1n) is 23.2. The highest BCUT2D eigenvalue weighted by molar-refractivity contribution is 6.13. The highest BCUT2D eigenvalue weighted by Gasteiger charge is 2.58. The molecule has 0 saturated carbocycles. The maximum absolute atomic E-state index is 9.86. The lowest BCUT2D eigenvalue weighted by atomic mass is 9.56. The van der Waals surface area contributed by atoms with Crippen LogP contribution in [-0.2, 0) is 10.8 Å². The molecule has 2 aliphatic rings. The summed E-state index contributed by atoms with van der Waals surface area (Å²) in [6, 6.07) is 75.6. The van der Waals surface area contributed by atoms with E-state index in [4.69, 9.17) is 13.1 Å². The average molecular weight is 893 g/mol. The summed E-state index contributed by atoms with van der Waals surface area (Å²) in [5.41, 5.74) is 16.1. The molecule has 326 valence electrons. The normalized spacial score (nSPS) is 15.9. The average Bonchev–Trinajstić information content (AvgIpc) is 3.85. The molecule has 2 atom stereocenters. The molecule has 0 heterocycles. The van der Waals surface area contributed by atoms with E-state index in [-0.39, 0.29) is 0 Å². The van der Waals surface area contributed by atoms with E-state index < -0.39 is 10.8 Å². The minimum atomic E-state index is -0.681. The minimum absolute atomic E-state index is 0.557. The molecule has 10 aromatic rings. The van der Waals surface area contributed by atoms with Gasteiger partial charge in [0.25, 0.3) is 0 Å². The number of nitriles is 2. The zero-order chi connectivity index (χ0) is 47.7. The van der Waals surface area contributed by atoms with Crippen molar-refractivity contribution in [3.63, 3.8) is 0 Å². The molecule has 10 aromatic carbocycles. The summed E-state index contributed by atoms with van der Waals surface area (Å²) in [6.45, 7) is 20.4. The van der Waals surface area contributed by atoms with Gasteiger partial charge in [-0.2, -0.15) is 10.5 Å². The summed E-state index contributed by atoms with van der Waals surface area (Å²) in [5.74, 6) is 0. The predicted molar refractivity (Wildman–Crippen MR) is 283 cm³/mol. The van der Waals surface area contributed by atoms with Gasteiger partial charge in [0, 0.05) is 44.4 Å². The molecular weight excluding hydrogens is 853 g/mol. The molecule has 0 amide bonds. The summed E-state index contributed by atoms with van der Waals surface area (Å²) in [6.07, 6.45) is 0. The number of nitrogens with zero attached hydrogens (tertiary/aromatic N) is 6. The first-order valence-corrected chi connectivity index (χ1v) is 23.2. The Morgan fingerprint density at radius 3 is 1.04 bits per heavy atom. The molecule has 12 rings (SSSR count). The number of benzene rings is 10. The molecule has 0 saturated heterocycles. The maximum Gasteiger partial charge on any atom is 0.187 e. The first kappa shape index (κ1) is 41.7. The van der Waals surface area contributed by atoms with Crippen molar-refractivity contribution >= 4 is 67.0 Å². The van der Waals surface area contributed by atoms with Crippen LogP contribution >= 0.6 is 0 Å². The lowest BCUT2D eigenvalue weighted by molar-refractivity contribution is 0.376. The third-order valence-electron chi connectivity index (χ3n) is 15.1. The molecule has 0 aliphatic heterocycles. The van der Waals surface area contributed by atoms with Crippen molar-refractivity contribution in [3.05, 3.63) is 262 Å². The summed E-state index contributed by atoms with van der Waals surface area (Å²) < 4.78 is 0. The van der Waals surface area contributed by atoms with Gasteiger partial charge < -0.3 is 9.80 Å². The van der Waals surface area contributed by atoms with Crippen LogP contribution in [0.3, 0.4) is 0 Å². The highest BCUT2D eigenvalue weighted by atomic mass is 15.2. The van der Waals surface area contributed by atoms with Crippen molar-refractivity contribution in [2.45, 2.75) is 24.7 Å². The van der Waals surface area contributed by atoms with Crippen LogP contribution in [0.15, 0.2) is 206 Å². The van der Waals surface area contributed by atoms with Gasteiger partial charge in [-0.3, -0.25) is 0 Å². The second-order valence-corrected chi connectivity index (χ2v) is 18.3. The molecule has 0 spiro atoms. The standard InChI is InChI=1S/C64H40N6/c1-63(55-19-11-9-17-53(55)61-51-15-7-5-13-49(51)59(37-57(61)63)69(45-29-21-41(39-65)22-30-45)47-33-25-43(67-3)26-34-47)64(2)56-20-12-10-18-54(56)62-52-16-8-6-14-50(52)60(38-58(62)64)70(46-31-23-42(40-66)24-32-46)48-35-27-44(68-4)28-36-48/h5-38H,1-2H3. The lowest BCUT2D eigenvalue weighted by Crippen LogP contribution is -2.44. The van der Waals surface area contributed by atoms with Gasteiger partial charge in [-0.1, -0.05) is 135 Å². The molecule has 0 bridgehead atoms. The fourth-order valence-electron chi connectivity index (χ4n) is 11.7. The second kappa shape index (κ2) is 16.0. The van der Waals surface area contributed by atoms with Crippen LogP contribution < -0.4 is 9.80 Å². The summed E-state index contributed by atoms with van der Waals surface area (Å²) in [5, 5.41) is 24.1. The molecule has 2 aliphatic carbocycles. The number of anilines is 6. The third kappa shape index (κ3) is 5.95. The van der Waals surface area contributed by atoms with Gasteiger partial charge in [0.15, 0.2) is 11.4 Å². The smallest absolute Gasteiger partial charge is 0.187 e. The number of hydrogen-bond acceptors (Lipinski definition) is 4. The number of rotatable bonds is 7. The van der Waals surface area contributed by atoms with E-state index in [1.165, 1.54) is 44.5 Å². The Morgan fingerprint density at radius 1 is 0.386 bits per heavy atom. The van der Waals surface area contributed by atoms with Crippen LogP contribution in [0.1, 0.15) is 47.2 Å². The van der Waals surface area contributed by atoms with E-state index in [0.29, 0.717) is 22.5 Å².